The van der Waals surface area contributed by atoms with Gasteiger partial charge in [0.1, 0.15) is 11.3 Å². The van der Waals surface area contributed by atoms with Crippen LogP contribution in [0, 0.1) is 11.8 Å². The molecule has 2 aliphatic rings. The minimum atomic E-state index is -1.03. The zero-order valence-electron chi connectivity index (χ0n) is 25.2. The molecule has 0 saturated heterocycles. The maximum Gasteiger partial charge on any atom is 0.337 e. The van der Waals surface area contributed by atoms with Gasteiger partial charge in [-0.3, -0.25) is 19.3 Å². The molecule has 3 amide bonds. The molecule has 0 spiro atoms. The molecule has 11 nitrogen and oxygen atoms in total. The predicted octanol–water partition coefficient (Wildman–Crippen LogP) is 4.15. The number of anilines is 1. The normalized spacial score (nSPS) is 19.0. The molecule has 228 valence electrons. The first-order valence-corrected chi connectivity index (χ1v) is 15.0. The van der Waals surface area contributed by atoms with Crippen LogP contribution in [0.4, 0.5) is 5.82 Å². The number of ether oxygens (including phenoxy) is 1. The Bertz CT molecular complexity index is 1590. The highest BCUT2D eigenvalue weighted by atomic mass is 16.5. The van der Waals surface area contributed by atoms with Crippen LogP contribution < -0.4 is 5.32 Å². The Labute approximate surface area is 250 Å². The van der Waals surface area contributed by atoms with Crippen LogP contribution in [-0.4, -0.2) is 67.5 Å². The average molecular weight is 590 g/mol. The Balaban J connectivity index is 1.47. The second-order valence-electron chi connectivity index (χ2n) is 12.2. The van der Waals surface area contributed by atoms with Crippen molar-refractivity contribution in [2.75, 3.05) is 19.0 Å². The van der Waals surface area contributed by atoms with Crippen molar-refractivity contribution in [1.29, 1.82) is 0 Å². The topological polar surface area (TPSA) is 144 Å². The number of nitrogens with zero attached hydrogens (tertiary/aromatic N) is 4. The Hall–Kier alpha value is -4.12. The molecule has 0 bridgehead atoms. The fourth-order valence-corrected chi connectivity index (χ4v) is 6.05. The molecule has 2 aromatic heterocycles. The first kappa shape index (κ1) is 30.3. The Morgan fingerprint density at radius 3 is 2.42 bits per heavy atom. The third-order valence-electron chi connectivity index (χ3n) is 8.28. The molecular formula is C32H39N5O6. The number of imidazole rings is 1. The van der Waals surface area contributed by atoms with E-state index in [9.17, 15) is 24.3 Å². The SMILES string of the molecule is CCCCc1nc2c(NC(=O)C3CCC(CN4C(=O)C=CC4=O)CC3)nc3cc(C(=O)OC)ccc3c2n1CC(C)(C)O. The zero-order chi connectivity index (χ0) is 30.9. The van der Waals surface area contributed by atoms with E-state index in [0.29, 0.717) is 48.2 Å². The molecule has 3 heterocycles. The summed E-state index contributed by atoms with van der Waals surface area (Å²) in [6.45, 7) is 6.24. The molecule has 43 heavy (non-hydrogen) atoms. The quantitative estimate of drug-likeness (QED) is 0.265. The van der Waals surface area contributed by atoms with Crippen LogP contribution >= 0.6 is 0 Å². The Morgan fingerprint density at radius 1 is 1.09 bits per heavy atom. The van der Waals surface area contributed by atoms with Gasteiger partial charge in [-0.2, -0.15) is 0 Å². The van der Waals surface area contributed by atoms with E-state index in [1.165, 1.54) is 24.2 Å². The second kappa shape index (κ2) is 12.2. The summed E-state index contributed by atoms with van der Waals surface area (Å²) < 4.78 is 6.92. The number of pyridine rings is 1. The standard InChI is InChI=1S/C32H39N5O6/c1-5-6-7-24-34-27-28(37(24)18-32(2,3)42)22-13-12-21(31(41)43-4)16-23(22)33-29(27)35-30(40)20-10-8-19(9-11-20)17-36-25(38)14-15-26(36)39/h12-16,19-20,42H,5-11,17-18H2,1-4H3,(H,33,35,40). The maximum absolute atomic E-state index is 13.6. The van der Waals surface area contributed by atoms with Crippen LogP contribution in [0.15, 0.2) is 30.4 Å². The van der Waals surface area contributed by atoms with E-state index in [-0.39, 0.29) is 36.1 Å². The number of aromatic nitrogens is 3. The van der Waals surface area contributed by atoms with Crippen LogP contribution in [0.5, 0.6) is 0 Å². The molecule has 3 aromatic rings. The molecule has 2 N–H and O–H groups in total. The zero-order valence-corrected chi connectivity index (χ0v) is 25.2. The number of carbonyl (C=O) groups excluding carboxylic acids is 4. The number of esters is 1. The molecule has 1 aliphatic carbocycles. The van der Waals surface area contributed by atoms with Gasteiger partial charge in [-0.25, -0.2) is 14.8 Å². The summed E-state index contributed by atoms with van der Waals surface area (Å²) in [6.07, 6.45) is 7.85. The third kappa shape index (κ3) is 6.46. The second-order valence-corrected chi connectivity index (χ2v) is 12.2. The monoisotopic (exact) mass is 589 g/mol. The lowest BCUT2D eigenvalue weighted by Crippen LogP contribution is -2.37. The number of rotatable bonds is 10. The van der Waals surface area contributed by atoms with Crippen LogP contribution in [-0.2, 0) is 32.1 Å². The van der Waals surface area contributed by atoms with Crippen LogP contribution in [0.1, 0.15) is 75.5 Å². The van der Waals surface area contributed by atoms with Gasteiger partial charge in [-0.1, -0.05) is 13.3 Å². The first-order chi connectivity index (χ1) is 20.5. The number of methoxy groups -OCH3 is 1. The summed E-state index contributed by atoms with van der Waals surface area (Å²) in [5.74, 6) is -0.234. The van der Waals surface area contributed by atoms with Gasteiger partial charge in [-0.05, 0) is 70.1 Å². The molecule has 5 rings (SSSR count). The van der Waals surface area contributed by atoms with E-state index in [0.717, 1.165) is 42.4 Å². The summed E-state index contributed by atoms with van der Waals surface area (Å²) in [4.78, 5) is 60.8. The molecule has 0 unspecified atom stereocenters. The molecule has 1 saturated carbocycles. The van der Waals surface area contributed by atoms with E-state index in [1.807, 2.05) is 4.57 Å². The molecule has 0 radical (unpaired) electrons. The van der Waals surface area contributed by atoms with Gasteiger partial charge in [0.05, 0.1) is 35.9 Å². The number of amides is 3. The number of hydrogen-bond donors (Lipinski definition) is 2. The molecule has 0 atom stereocenters. The number of unbranched alkanes of at least 4 members (excludes halogenated alkanes) is 1. The van der Waals surface area contributed by atoms with E-state index in [2.05, 4.69) is 12.2 Å². The summed E-state index contributed by atoms with van der Waals surface area (Å²) in [6, 6.07) is 5.13. The highest BCUT2D eigenvalue weighted by Crippen LogP contribution is 2.35. The number of imide groups is 1. The lowest BCUT2D eigenvalue weighted by Gasteiger charge is -2.29. The number of hydrogen-bond acceptors (Lipinski definition) is 8. The number of aliphatic hydroxyl groups is 1. The average Bonchev–Trinajstić information content (AvgIpc) is 3.49. The summed E-state index contributed by atoms with van der Waals surface area (Å²) in [5.41, 5.74) is 1.08. The first-order valence-electron chi connectivity index (χ1n) is 15.0. The lowest BCUT2D eigenvalue weighted by molar-refractivity contribution is -0.138. The predicted molar refractivity (Wildman–Crippen MR) is 161 cm³/mol. The van der Waals surface area contributed by atoms with Crippen molar-refractivity contribution in [3.8, 4) is 0 Å². The highest BCUT2D eigenvalue weighted by molar-refractivity contribution is 6.13. The van der Waals surface area contributed by atoms with Crippen molar-refractivity contribution in [2.45, 2.75) is 77.9 Å². The number of fused-ring (bicyclic) bond motifs is 3. The Morgan fingerprint density at radius 2 is 1.79 bits per heavy atom. The number of carbonyl (C=O) groups is 4. The minimum Gasteiger partial charge on any atom is -0.465 e. The molecule has 1 aliphatic heterocycles. The highest BCUT2D eigenvalue weighted by Gasteiger charge is 2.32. The van der Waals surface area contributed by atoms with Crippen molar-refractivity contribution in [3.63, 3.8) is 0 Å². The summed E-state index contributed by atoms with van der Waals surface area (Å²) in [5, 5.41) is 14.6. The largest absolute Gasteiger partial charge is 0.465 e. The molecule has 11 heteroatoms. The van der Waals surface area contributed by atoms with Crippen LogP contribution in [0.3, 0.4) is 0 Å². The van der Waals surface area contributed by atoms with Gasteiger partial charge >= 0.3 is 5.97 Å². The number of benzene rings is 1. The minimum absolute atomic E-state index is 0.151. The van der Waals surface area contributed by atoms with Gasteiger partial charge in [0.15, 0.2) is 5.82 Å². The van der Waals surface area contributed by atoms with E-state index in [1.54, 1.807) is 32.0 Å². The van der Waals surface area contributed by atoms with E-state index < -0.39 is 11.6 Å². The number of aryl methyl sites for hydroxylation is 1. The summed E-state index contributed by atoms with van der Waals surface area (Å²) in [7, 11) is 1.32. The van der Waals surface area contributed by atoms with Gasteiger partial charge in [0, 0.05) is 36.4 Å². The number of nitrogens with one attached hydrogen (secondary N) is 1. The molecular weight excluding hydrogens is 550 g/mol. The van der Waals surface area contributed by atoms with Gasteiger partial charge in [0.2, 0.25) is 5.91 Å². The molecule has 1 aromatic carbocycles. The van der Waals surface area contributed by atoms with Crippen molar-refractivity contribution in [1.82, 2.24) is 19.4 Å². The van der Waals surface area contributed by atoms with Crippen molar-refractivity contribution in [2.24, 2.45) is 11.8 Å². The van der Waals surface area contributed by atoms with Crippen molar-refractivity contribution >= 4 is 51.4 Å². The molecule has 1 fully saturated rings. The van der Waals surface area contributed by atoms with E-state index in [4.69, 9.17) is 14.7 Å². The van der Waals surface area contributed by atoms with Crippen LogP contribution in [0.25, 0.3) is 21.9 Å². The lowest BCUT2D eigenvalue weighted by atomic mass is 9.81. The van der Waals surface area contributed by atoms with E-state index >= 15 is 0 Å². The van der Waals surface area contributed by atoms with Crippen molar-refractivity contribution in [3.05, 3.63) is 41.7 Å². The third-order valence-corrected chi connectivity index (χ3v) is 8.28. The van der Waals surface area contributed by atoms with Gasteiger partial charge < -0.3 is 19.7 Å². The fourth-order valence-electron chi connectivity index (χ4n) is 6.05. The van der Waals surface area contributed by atoms with Crippen LogP contribution in [0.2, 0.25) is 0 Å². The Kier molecular flexibility index (Phi) is 8.64. The maximum atomic E-state index is 13.6. The smallest absolute Gasteiger partial charge is 0.337 e. The van der Waals surface area contributed by atoms with Gasteiger partial charge in [0.25, 0.3) is 11.8 Å². The van der Waals surface area contributed by atoms with Crippen molar-refractivity contribution < 1.29 is 29.0 Å². The fraction of sp³-hybridized carbons (Fsp3) is 0.500. The van der Waals surface area contributed by atoms with Gasteiger partial charge in [-0.15, -0.1) is 0 Å². The summed E-state index contributed by atoms with van der Waals surface area (Å²) >= 11 is 0.